The first-order valence-electron chi connectivity index (χ1n) is 9.71. The van der Waals surface area contributed by atoms with E-state index >= 15 is 0 Å². The van der Waals surface area contributed by atoms with E-state index in [2.05, 4.69) is 38.2 Å². The fourth-order valence-electron chi connectivity index (χ4n) is 3.33. The van der Waals surface area contributed by atoms with Crippen LogP contribution < -0.4 is 10.2 Å². The van der Waals surface area contributed by atoms with Crippen molar-refractivity contribution in [2.75, 3.05) is 43.4 Å². The monoisotopic (exact) mass is 395 g/mol. The Hall–Kier alpha value is -2.51. The summed E-state index contributed by atoms with van der Waals surface area (Å²) in [7, 11) is 2.14. The van der Waals surface area contributed by atoms with Gasteiger partial charge in [0.1, 0.15) is 5.82 Å². The smallest absolute Gasteiger partial charge is 0.224 e. The Morgan fingerprint density at radius 1 is 1.14 bits per heavy atom. The number of aromatic nitrogens is 2. The summed E-state index contributed by atoms with van der Waals surface area (Å²) in [6.45, 7) is 4.07. The number of likely N-dealkylation sites (N-methyl/N-ethyl adjacent to an activating group) is 1. The van der Waals surface area contributed by atoms with Crippen LogP contribution in [0.25, 0.3) is 10.2 Å². The van der Waals surface area contributed by atoms with Crippen molar-refractivity contribution in [3.8, 4) is 0 Å². The van der Waals surface area contributed by atoms with Gasteiger partial charge in [-0.15, -0.1) is 11.3 Å². The van der Waals surface area contributed by atoms with Gasteiger partial charge < -0.3 is 15.1 Å². The summed E-state index contributed by atoms with van der Waals surface area (Å²) in [6, 6.07) is 12.1. The molecule has 1 saturated heterocycles. The highest BCUT2D eigenvalue weighted by Gasteiger charge is 2.15. The number of pyridine rings is 1. The molecule has 0 bridgehead atoms. The quantitative estimate of drug-likeness (QED) is 0.693. The van der Waals surface area contributed by atoms with E-state index in [4.69, 9.17) is 0 Å². The van der Waals surface area contributed by atoms with Gasteiger partial charge in [-0.3, -0.25) is 4.79 Å². The number of benzene rings is 1. The van der Waals surface area contributed by atoms with Gasteiger partial charge in [-0.25, -0.2) is 9.97 Å². The molecule has 1 aliphatic heterocycles. The topological polar surface area (TPSA) is 61.4 Å². The minimum Gasteiger partial charge on any atom is -0.354 e. The predicted octanol–water partition coefficient (Wildman–Crippen LogP) is 3.40. The molecule has 1 N–H and O–H groups in total. The van der Waals surface area contributed by atoms with E-state index < -0.39 is 0 Å². The van der Waals surface area contributed by atoms with Crippen LogP contribution in [0.1, 0.15) is 17.8 Å². The van der Waals surface area contributed by atoms with E-state index in [0.717, 1.165) is 61.1 Å². The molecular formula is C21H25N5OS. The Bertz CT molecular complexity index is 898. The van der Waals surface area contributed by atoms with Gasteiger partial charge in [0, 0.05) is 32.6 Å². The Labute approximate surface area is 169 Å². The highest BCUT2D eigenvalue weighted by atomic mass is 32.1. The summed E-state index contributed by atoms with van der Waals surface area (Å²) < 4.78 is 1.20. The van der Waals surface area contributed by atoms with E-state index in [1.54, 1.807) is 17.5 Å². The molecule has 0 saturated carbocycles. The summed E-state index contributed by atoms with van der Waals surface area (Å²) >= 11 is 1.71. The van der Waals surface area contributed by atoms with Gasteiger partial charge in [0.05, 0.1) is 27.1 Å². The van der Waals surface area contributed by atoms with Crippen molar-refractivity contribution in [2.45, 2.75) is 19.3 Å². The van der Waals surface area contributed by atoms with Crippen molar-refractivity contribution in [1.82, 2.24) is 14.9 Å². The third-order valence-corrected chi connectivity index (χ3v) is 6.09. The molecule has 3 heterocycles. The maximum absolute atomic E-state index is 12.2. The summed E-state index contributed by atoms with van der Waals surface area (Å²) in [4.78, 5) is 26.0. The number of anilines is 2. The van der Waals surface area contributed by atoms with Gasteiger partial charge in [0.2, 0.25) is 5.91 Å². The van der Waals surface area contributed by atoms with Crippen molar-refractivity contribution in [2.24, 2.45) is 0 Å². The third-order valence-electron chi connectivity index (χ3n) is 4.99. The molecule has 0 spiro atoms. The molecule has 6 nitrogen and oxygen atoms in total. The van der Waals surface area contributed by atoms with E-state index in [1.165, 1.54) is 4.70 Å². The van der Waals surface area contributed by atoms with Gasteiger partial charge in [-0.2, -0.15) is 0 Å². The molecule has 1 aliphatic rings. The second-order valence-corrected chi connectivity index (χ2v) is 8.29. The first-order valence-corrected chi connectivity index (χ1v) is 10.5. The highest BCUT2D eigenvalue weighted by molar-refractivity contribution is 7.18. The summed E-state index contributed by atoms with van der Waals surface area (Å²) in [5, 5.41) is 4.04. The van der Waals surface area contributed by atoms with Gasteiger partial charge in [-0.1, -0.05) is 12.1 Å². The number of thiazole rings is 1. The lowest BCUT2D eigenvalue weighted by Crippen LogP contribution is -2.44. The molecule has 0 aliphatic carbocycles. The second-order valence-electron chi connectivity index (χ2n) is 7.17. The number of carbonyl (C=O) groups is 1. The third kappa shape index (κ3) is 4.66. The molecule has 7 heteroatoms. The molecular weight excluding hydrogens is 370 g/mol. The predicted molar refractivity (Wildman–Crippen MR) is 115 cm³/mol. The lowest BCUT2D eigenvalue weighted by Gasteiger charge is -2.33. The average molecular weight is 396 g/mol. The number of fused-ring (bicyclic) bond motifs is 1. The maximum Gasteiger partial charge on any atom is 0.224 e. The number of rotatable bonds is 6. The summed E-state index contributed by atoms with van der Waals surface area (Å²) in [5.74, 6) is 0.997. The molecule has 0 atom stereocenters. The fraction of sp³-hybridized carbons (Fsp3) is 0.381. The van der Waals surface area contributed by atoms with Crippen molar-refractivity contribution < 1.29 is 4.79 Å². The van der Waals surface area contributed by atoms with Crippen molar-refractivity contribution in [3.63, 3.8) is 0 Å². The number of aryl methyl sites for hydroxylation is 1. The highest BCUT2D eigenvalue weighted by Crippen LogP contribution is 2.23. The molecule has 0 unspecified atom stereocenters. The molecule has 2 aromatic heterocycles. The number of amides is 1. The zero-order valence-electron chi connectivity index (χ0n) is 16.1. The SMILES string of the molecule is CN1CCN(c2ccc(NC(=O)CCCc3nc4ccccc4s3)cn2)CC1. The van der Waals surface area contributed by atoms with Crippen LogP contribution in [0.3, 0.4) is 0 Å². The molecule has 4 rings (SSSR count). The van der Waals surface area contributed by atoms with Crippen molar-refractivity contribution in [3.05, 3.63) is 47.6 Å². The lowest BCUT2D eigenvalue weighted by atomic mass is 10.2. The molecule has 1 fully saturated rings. The Morgan fingerprint density at radius 3 is 2.71 bits per heavy atom. The number of piperazine rings is 1. The molecule has 1 amide bonds. The normalized spacial score (nSPS) is 15.1. The number of hydrogen-bond donors (Lipinski definition) is 1. The minimum absolute atomic E-state index is 0.0234. The number of para-hydroxylation sites is 1. The van der Waals surface area contributed by atoms with E-state index in [9.17, 15) is 4.79 Å². The van der Waals surface area contributed by atoms with Gasteiger partial charge in [0.15, 0.2) is 0 Å². The van der Waals surface area contributed by atoms with E-state index in [0.29, 0.717) is 6.42 Å². The Balaban J connectivity index is 1.24. The zero-order valence-corrected chi connectivity index (χ0v) is 16.9. The summed E-state index contributed by atoms with van der Waals surface area (Å²) in [5.41, 5.74) is 1.79. The van der Waals surface area contributed by atoms with Gasteiger partial charge in [-0.05, 0) is 44.2 Å². The van der Waals surface area contributed by atoms with Crippen LogP contribution >= 0.6 is 11.3 Å². The number of hydrogen-bond acceptors (Lipinski definition) is 6. The van der Waals surface area contributed by atoms with Crippen LogP contribution in [0, 0.1) is 0 Å². The number of nitrogens with one attached hydrogen (secondary N) is 1. The van der Waals surface area contributed by atoms with Crippen LogP contribution in [0.15, 0.2) is 42.6 Å². The zero-order chi connectivity index (χ0) is 19.3. The first kappa shape index (κ1) is 18.8. The first-order chi connectivity index (χ1) is 13.7. The largest absolute Gasteiger partial charge is 0.354 e. The standard InChI is InChI=1S/C21H25N5OS/c1-25-11-13-26(14-12-25)19-10-9-16(15-22-19)23-20(27)7-4-8-21-24-17-5-2-3-6-18(17)28-21/h2-3,5-6,9-10,15H,4,7-8,11-14H2,1H3,(H,23,27). The Kier molecular flexibility index (Phi) is 5.83. The maximum atomic E-state index is 12.2. The van der Waals surface area contributed by atoms with E-state index in [1.807, 2.05) is 30.3 Å². The lowest BCUT2D eigenvalue weighted by molar-refractivity contribution is -0.116. The Morgan fingerprint density at radius 2 is 1.96 bits per heavy atom. The van der Waals surface area contributed by atoms with Crippen LogP contribution in [0.5, 0.6) is 0 Å². The molecule has 1 aromatic carbocycles. The van der Waals surface area contributed by atoms with Gasteiger partial charge >= 0.3 is 0 Å². The minimum atomic E-state index is 0.0234. The number of nitrogens with zero attached hydrogens (tertiary/aromatic N) is 4. The fourth-order valence-corrected chi connectivity index (χ4v) is 4.34. The number of carbonyl (C=O) groups excluding carboxylic acids is 1. The molecule has 28 heavy (non-hydrogen) atoms. The van der Waals surface area contributed by atoms with Crippen LogP contribution in [0.2, 0.25) is 0 Å². The van der Waals surface area contributed by atoms with Crippen LogP contribution in [-0.4, -0.2) is 54.0 Å². The molecule has 146 valence electrons. The van der Waals surface area contributed by atoms with E-state index in [-0.39, 0.29) is 5.91 Å². The second kappa shape index (κ2) is 8.67. The molecule has 0 radical (unpaired) electrons. The van der Waals surface area contributed by atoms with Gasteiger partial charge in [0.25, 0.3) is 0 Å². The van der Waals surface area contributed by atoms with Crippen LogP contribution in [-0.2, 0) is 11.2 Å². The van der Waals surface area contributed by atoms with Crippen molar-refractivity contribution >= 4 is 39.0 Å². The van der Waals surface area contributed by atoms with Crippen LogP contribution in [0.4, 0.5) is 11.5 Å². The average Bonchev–Trinajstić information content (AvgIpc) is 3.12. The van der Waals surface area contributed by atoms with Crippen molar-refractivity contribution in [1.29, 1.82) is 0 Å². The summed E-state index contributed by atoms with van der Waals surface area (Å²) in [6.07, 6.45) is 3.85. The molecule has 3 aromatic rings.